The highest BCUT2D eigenvalue weighted by molar-refractivity contribution is 5.74. The second-order valence-corrected chi connectivity index (χ2v) is 6.46. The molecule has 0 fully saturated rings. The topological polar surface area (TPSA) is 58.1 Å². The van der Waals surface area contributed by atoms with Crippen molar-refractivity contribution in [1.82, 2.24) is 20.2 Å². The van der Waals surface area contributed by atoms with Crippen LogP contribution in [0.5, 0.6) is 0 Å². The maximum atomic E-state index is 12.4. The number of hydrogen-bond donors (Lipinski definition) is 1. The lowest BCUT2D eigenvalue weighted by Crippen LogP contribution is -2.38. The lowest BCUT2D eigenvalue weighted by molar-refractivity contribution is 0.203. The highest BCUT2D eigenvalue weighted by Crippen LogP contribution is 2.24. The summed E-state index contributed by atoms with van der Waals surface area (Å²) in [7, 11) is 1.77. The fourth-order valence-corrected chi connectivity index (χ4v) is 3.13. The van der Waals surface area contributed by atoms with E-state index >= 15 is 0 Å². The number of hydrogen-bond acceptors (Lipinski definition) is 3. The van der Waals surface area contributed by atoms with Crippen molar-refractivity contribution in [1.29, 1.82) is 0 Å². The van der Waals surface area contributed by atoms with E-state index in [-0.39, 0.29) is 12.1 Å². The number of urea groups is 1. The third-order valence-corrected chi connectivity index (χ3v) is 4.58. The highest BCUT2D eigenvalue weighted by atomic mass is 16.2. The van der Waals surface area contributed by atoms with Gasteiger partial charge in [-0.25, -0.2) is 4.79 Å². The molecule has 0 saturated heterocycles. The zero-order valence-corrected chi connectivity index (χ0v) is 14.3. The third kappa shape index (κ3) is 3.91. The van der Waals surface area contributed by atoms with Crippen LogP contribution >= 0.6 is 0 Å². The van der Waals surface area contributed by atoms with Gasteiger partial charge in [0.15, 0.2) is 0 Å². The molecular weight excluding hydrogens is 300 g/mol. The first-order chi connectivity index (χ1) is 11.6. The molecule has 2 amide bonds. The summed E-state index contributed by atoms with van der Waals surface area (Å²) in [4.78, 5) is 22.2. The van der Waals surface area contributed by atoms with Gasteiger partial charge in [-0.2, -0.15) is 0 Å². The number of rotatable bonds is 4. The summed E-state index contributed by atoms with van der Waals surface area (Å²) in [5.74, 6) is 0. The van der Waals surface area contributed by atoms with Gasteiger partial charge < -0.3 is 10.2 Å². The molecule has 0 bridgehead atoms. The van der Waals surface area contributed by atoms with Gasteiger partial charge in [0.25, 0.3) is 0 Å². The lowest BCUT2D eigenvalue weighted by atomic mass is 9.89. The zero-order valence-electron chi connectivity index (χ0n) is 14.3. The number of aryl methyl sites for hydroxylation is 2. The van der Waals surface area contributed by atoms with Gasteiger partial charge in [0.05, 0.1) is 24.5 Å². The van der Waals surface area contributed by atoms with Gasteiger partial charge in [-0.3, -0.25) is 9.97 Å². The average Bonchev–Trinajstić information content (AvgIpc) is 2.62. The first-order valence-corrected chi connectivity index (χ1v) is 8.51. The third-order valence-electron chi connectivity index (χ3n) is 4.58. The molecule has 1 aliphatic carbocycles. The van der Waals surface area contributed by atoms with E-state index in [2.05, 4.69) is 33.5 Å². The van der Waals surface area contributed by atoms with Crippen LogP contribution < -0.4 is 5.32 Å². The van der Waals surface area contributed by atoms with Gasteiger partial charge >= 0.3 is 6.03 Å². The van der Waals surface area contributed by atoms with Crippen LogP contribution in [0.4, 0.5) is 4.79 Å². The van der Waals surface area contributed by atoms with Gasteiger partial charge in [-0.05, 0) is 49.3 Å². The van der Waals surface area contributed by atoms with Crippen LogP contribution in [-0.2, 0) is 19.4 Å². The molecule has 0 aliphatic heterocycles. The van der Waals surface area contributed by atoms with E-state index in [0.29, 0.717) is 6.54 Å². The molecule has 5 heteroatoms. The normalized spacial score (nSPS) is 14.6. The number of carbonyl (C=O) groups is 1. The van der Waals surface area contributed by atoms with Crippen molar-refractivity contribution in [3.05, 3.63) is 59.2 Å². The number of benzene rings is 1. The number of nitrogens with zero attached hydrogens (tertiary/aromatic N) is 3. The molecule has 1 aliphatic rings. The summed E-state index contributed by atoms with van der Waals surface area (Å²) in [5.41, 5.74) is 4.84. The Morgan fingerprint density at radius 2 is 2.04 bits per heavy atom. The smallest absolute Gasteiger partial charge is 0.317 e. The summed E-state index contributed by atoms with van der Waals surface area (Å²) >= 11 is 0. The number of carbonyl (C=O) groups excluding carboxylic acids is 1. The highest BCUT2D eigenvalue weighted by Gasteiger charge is 2.16. The summed E-state index contributed by atoms with van der Waals surface area (Å²) in [6.07, 6.45) is 9.81. The molecule has 1 aromatic heterocycles. The van der Waals surface area contributed by atoms with Gasteiger partial charge in [0.2, 0.25) is 0 Å². The fourth-order valence-electron chi connectivity index (χ4n) is 3.13. The van der Waals surface area contributed by atoms with E-state index in [0.717, 1.165) is 17.7 Å². The number of fused-ring (bicyclic) bond motifs is 1. The van der Waals surface area contributed by atoms with E-state index in [1.807, 2.05) is 6.92 Å². The molecule has 0 unspecified atom stereocenters. The molecule has 24 heavy (non-hydrogen) atoms. The van der Waals surface area contributed by atoms with Crippen LogP contribution in [0, 0.1) is 0 Å². The minimum Gasteiger partial charge on any atom is -0.331 e. The average molecular weight is 324 g/mol. The molecular formula is C19H24N4O. The summed E-state index contributed by atoms with van der Waals surface area (Å²) in [6.45, 7) is 2.47. The molecule has 126 valence electrons. The number of amides is 2. The Balaban J connectivity index is 1.61. The molecule has 5 nitrogen and oxygen atoms in total. The van der Waals surface area contributed by atoms with Crippen molar-refractivity contribution in [2.45, 2.75) is 45.2 Å². The van der Waals surface area contributed by atoms with Crippen molar-refractivity contribution < 1.29 is 4.79 Å². The van der Waals surface area contributed by atoms with Crippen LogP contribution in [0.15, 0.2) is 36.8 Å². The van der Waals surface area contributed by atoms with Crippen molar-refractivity contribution >= 4 is 6.03 Å². The number of aromatic nitrogens is 2. The zero-order chi connectivity index (χ0) is 16.9. The van der Waals surface area contributed by atoms with Crippen molar-refractivity contribution in [2.75, 3.05) is 7.05 Å². The molecule has 1 atom stereocenters. The standard InChI is InChI=1S/C19H24N4O/c1-14(16-8-7-15-5-3-4-6-17(15)11-16)22-19(24)23(2)13-18-12-20-9-10-21-18/h7-12,14H,3-6,13H2,1-2H3,(H,22,24)/t14-/m0/s1. The summed E-state index contributed by atoms with van der Waals surface area (Å²) in [6, 6.07) is 6.48. The Hall–Kier alpha value is -2.43. The Morgan fingerprint density at radius 1 is 1.25 bits per heavy atom. The minimum atomic E-state index is -0.106. The van der Waals surface area contributed by atoms with Crippen LogP contribution in [0.1, 0.15) is 48.2 Å². The summed E-state index contributed by atoms with van der Waals surface area (Å²) < 4.78 is 0. The van der Waals surface area contributed by atoms with Gasteiger partial charge in [0, 0.05) is 19.4 Å². The molecule has 2 aromatic rings. The van der Waals surface area contributed by atoms with E-state index in [1.54, 1.807) is 30.5 Å². The molecule has 1 aromatic carbocycles. The lowest BCUT2D eigenvalue weighted by Gasteiger charge is -2.23. The second kappa shape index (κ2) is 7.43. The van der Waals surface area contributed by atoms with Crippen LogP contribution in [0.25, 0.3) is 0 Å². The van der Waals surface area contributed by atoms with Crippen LogP contribution in [0.3, 0.4) is 0 Å². The molecule has 1 heterocycles. The second-order valence-electron chi connectivity index (χ2n) is 6.46. The van der Waals surface area contributed by atoms with E-state index in [1.165, 1.54) is 30.4 Å². The van der Waals surface area contributed by atoms with Gasteiger partial charge in [-0.1, -0.05) is 18.2 Å². The number of nitrogens with one attached hydrogen (secondary N) is 1. The quantitative estimate of drug-likeness (QED) is 0.939. The predicted octanol–water partition coefficient (Wildman–Crippen LogP) is 3.26. The SMILES string of the molecule is C[C@H](NC(=O)N(C)Cc1cnccn1)c1ccc2c(c1)CCCC2. The largest absolute Gasteiger partial charge is 0.331 e. The Kier molecular flexibility index (Phi) is 5.08. The first kappa shape index (κ1) is 16.4. The van der Waals surface area contributed by atoms with E-state index < -0.39 is 0 Å². The van der Waals surface area contributed by atoms with Crippen molar-refractivity contribution in [3.8, 4) is 0 Å². The monoisotopic (exact) mass is 324 g/mol. The minimum absolute atomic E-state index is 0.0194. The van der Waals surface area contributed by atoms with Gasteiger partial charge in [0.1, 0.15) is 0 Å². The maximum Gasteiger partial charge on any atom is 0.317 e. The Bertz CT molecular complexity index is 702. The molecule has 3 rings (SSSR count). The maximum absolute atomic E-state index is 12.4. The fraction of sp³-hybridized carbons (Fsp3) is 0.421. The molecule has 0 spiro atoms. The van der Waals surface area contributed by atoms with Crippen LogP contribution in [-0.4, -0.2) is 27.9 Å². The van der Waals surface area contributed by atoms with E-state index in [9.17, 15) is 4.79 Å². The Morgan fingerprint density at radius 3 is 2.79 bits per heavy atom. The van der Waals surface area contributed by atoms with Gasteiger partial charge in [-0.15, -0.1) is 0 Å². The molecule has 0 saturated carbocycles. The molecule has 0 radical (unpaired) electrons. The predicted molar refractivity (Wildman–Crippen MR) is 93.5 cm³/mol. The Labute approximate surface area is 143 Å². The van der Waals surface area contributed by atoms with Crippen molar-refractivity contribution in [2.24, 2.45) is 0 Å². The van der Waals surface area contributed by atoms with Crippen LogP contribution in [0.2, 0.25) is 0 Å². The molecule has 1 N–H and O–H groups in total. The van der Waals surface area contributed by atoms with E-state index in [4.69, 9.17) is 0 Å². The van der Waals surface area contributed by atoms with Crippen molar-refractivity contribution in [3.63, 3.8) is 0 Å². The first-order valence-electron chi connectivity index (χ1n) is 8.51. The summed E-state index contributed by atoms with van der Waals surface area (Å²) in [5, 5.41) is 3.06.